The molecule has 1 N–H and O–H groups in total. The van der Waals surface area contributed by atoms with Gasteiger partial charge < -0.3 is 9.15 Å². The third kappa shape index (κ3) is 3.50. The van der Waals surface area contributed by atoms with E-state index in [1.807, 2.05) is 6.92 Å². The van der Waals surface area contributed by atoms with Crippen LogP contribution in [-0.2, 0) is 19.5 Å². The highest BCUT2D eigenvalue weighted by Gasteiger charge is 2.25. The zero-order chi connectivity index (χ0) is 19.0. The van der Waals surface area contributed by atoms with Gasteiger partial charge in [0.05, 0.1) is 0 Å². The summed E-state index contributed by atoms with van der Waals surface area (Å²) in [5.74, 6) is 0.881. The lowest BCUT2D eigenvalue weighted by Crippen LogP contribution is -3.10. The number of hydrogen-bond donors (Lipinski definition) is 1. The van der Waals surface area contributed by atoms with Gasteiger partial charge in [-0.3, -0.25) is 4.90 Å². The maximum atomic E-state index is 12.0. The number of rotatable bonds is 4. The fraction of sp³-hybridized carbons (Fsp3) is 0.348. The van der Waals surface area contributed by atoms with Crippen molar-refractivity contribution in [2.75, 3.05) is 6.73 Å². The van der Waals surface area contributed by atoms with E-state index >= 15 is 0 Å². The summed E-state index contributed by atoms with van der Waals surface area (Å²) in [5.41, 5.74) is 6.19. The van der Waals surface area contributed by atoms with E-state index in [0.717, 1.165) is 48.2 Å². The molecule has 1 atom stereocenters. The smallest absolute Gasteiger partial charge is 0.336 e. The molecule has 2 aromatic carbocycles. The average molecular weight is 364 g/mol. The molecular formula is C23H26NO3+. The number of benzene rings is 2. The summed E-state index contributed by atoms with van der Waals surface area (Å²) in [6, 6.07) is 12.5. The van der Waals surface area contributed by atoms with E-state index in [4.69, 9.17) is 9.15 Å². The van der Waals surface area contributed by atoms with Crippen molar-refractivity contribution in [1.29, 1.82) is 0 Å². The van der Waals surface area contributed by atoms with Gasteiger partial charge >= 0.3 is 5.63 Å². The van der Waals surface area contributed by atoms with Gasteiger partial charge in [0.2, 0.25) is 6.73 Å². The lowest BCUT2D eigenvalue weighted by atomic mass is 9.98. The minimum absolute atomic E-state index is 0.281. The molecule has 0 radical (unpaired) electrons. The van der Waals surface area contributed by atoms with Gasteiger partial charge in [-0.05, 0) is 31.9 Å². The molecule has 1 unspecified atom stereocenters. The fourth-order valence-corrected chi connectivity index (χ4v) is 3.98. The number of hydrogen-bond acceptors (Lipinski definition) is 3. The second-order valence-electron chi connectivity index (χ2n) is 7.59. The van der Waals surface area contributed by atoms with Crippen LogP contribution in [0.1, 0.15) is 41.2 Å². The van der Waals surface area contributed by atoms with Crippen LogP contribution in [0.5, 0.6) is 5.75 Å². The second-order valence-corrected chi connectivity index (χ2v) is 7.59. The van der Waals surface area contributed by atoms with Crippen LogP contribution in [-0.4, -0.2) is 6.73 Å². The molecule has 3 aromatic rings. The van der Waals surface area contributed by atoms with Gasteiger partial charge in [-0.15, -0.1) is 0 Å². The molecule has 0 spiro atoms. The number of ether oxygens (including phenoxy) is 1. The van der Waals surface area contributed by atoms with Gasteiger partial charge in [0.15, 0.2) is 0 Å². The van der Waals surface area contributed by atoms with E-state index in [-0.39, 0.29) is 5.63 Å². The van der Waals surface area contributed by atoms with Crippen molar-refractivity contribution in [2.45, 2.75) is 46.7 Å². The highest BCUT2D eigenvalue weighted by molar-refractivity contribution is 5.86. The van der Waals surface area contributed by atoms with Crippen molar-refractivity contribution in [2.24, 2.45) is 0 Å². The Hall–Kier alpha value is -2.59. The zero-order valence-corrected chi connectivity index (χ0v) is 16.2. The molecular weight excluding hydrogens is 338 g/mol. The predicted molar refractivity (Wildman–Crippen MR) is 106 cm³/mol. The SMILES string of the molecule is CCCc1cc(=O)oc2c(C)c3c(cc12)C[NH+](Cc1ccc(C)cc1)CO3. The minimum atomic E-state index is -0.281. The summed E-state index contributed by atoms with van der Waals surface area (Å²) < 4.78 is 11.6. The third-order valence-electron chi connectivity index (χ3n) is 5.33. The first-order chi connectivity index (χ1) is 13.0. The molecule has 1 aliphatic rings. The van der Waals surface area contributed by atoms with Crippen molar-refractivity contribution in [3.05, 3.63) is 74.6 Å². The monoisotopic (exact) mass is 364 g/mol. The first-order valence-corrected chi connectivity index (χ1v) is 9.66. The van der Waals surface area contributed by atoms with Crippen LogP contribution < -0.4 is 15.3 Å². The molecule has 4 heteroatoms. The standard InChI is InChI=1S/C23H25NO3/c1-4-5-18-11-21(25)27-23-16(3)22-19(10-20(18)23)13-24(14-26-22)12-17-8-6-15(2)7-9-17/h6-11H,4-5,12-14H2,1-3H3/p+1. The number of fused-ring (bicyclic) bond motifs is 2. The molecule has 4 rings (SSSR count). The van der Waals surface area contributed by atoms with Gasteiger partial charge in [0.1, 0.15) is 24.4 Å². The molecule has 0 aliphatic carbocycles. The highest BCUT2D eigenvalue weighted by Crippen LogP contribution is 2.33. The van der Waals surface area contributed by atoms with Crippen molar-refractivity contribution in [3.63, 3.8) is 0 Å². The summed E-state index contributed by atoms with van der Waals surface area (Å²) in [6.07, 6.45) is 1.87. The van der Waals surface area contributed by atoms with Crippen molar-refractivity contribution < 1.29 is 14.1 Å². The van der Waals surface area contributed by atoms with Crippen LogP contribution in [0.4, 0.5) is 0 Å². The summed E-state index contributed by atoms with van der Waals surface area (Å²) in [5, 5.41) is 1.05. The molecule has 1 aromatic heterocycles. The Morgan fingerprint density at radius 1 is 1.11 bits per heavy atom. The average Bonchev–Trinajstić information content (AvgIpc) is 2.65. The molecule has 1 aliphatic heterocycles. The van der Waals surface area contributed by atoms with Gasteiger partial charge in [-0.2, -0.15) is 0 Å². The Morgan fingerprint density at radius 3 is 2.63 bits per heavy atom. The van der Waals surface area contributed by atoms with Crippen LogP contribution >= 0.6 is 0 Å². The number of aryl methyl sites for hydroxylation is 3. The van der Waals surface area contributed by atoms with Gasteiger partial charge in [-0.25, -0.2) is 4.79 Å². The molecule has 0 saturated heterocycles. The Labute approximate surface area is 159 Å². The van der Waals surface area contributed by atoms with Crippen molar-refractivity contribution in [3.8, 4) is 5.75 Å². The molecule has 0 bridgehead atoms. The highest BCUT2D eigenvalue weighted by atomic mass is 16.5. The molecule has 0 amide bonds. The Balaban J connectivity index is 1.70. The van der Waals surface area contributed by atoms with Gasteiger partial charge in [0, 0.05) is 28.1 Å². The lowest BCUT2D eigenvalue weighted by Gasteiger charge is -2.28. The molecule has 140 valence electrons. The Morgan fingerprint density at radius 2 is 1.89 bits per heavy atom. The van der Waals surface area contributed by atoms with Crippen LogP contribution in [0, 0.1) is 13.8 Å². The molecule has 27 heavy (non-hydrogen) atoms. The first kappa shape index (κ1) is 17.8. The van der Waals surface area contributed by atoms with E-state index in [1.165, 1.54) is 21.6 Å². The van der Waals surface area contributed by atoms with Crippen LogP contribution in [0.25, 0.3) is 11.0 Å². The van der Waals surface area contributed by atoms with E-state index in [1.54, 1.807) is 6.07 Å². The Bertz CT molecular complexity index is 1030. The van der Waals surface area contributed by atoms with Crippen molar-refractivity contribution in [1.82, 2.24) is 0 Å². The van der Waals surface area contributed by atoms with Crippen LogP contribution in [0.15, 0.2) is 45.6 Å². The summed E-state index contributed by atoms with van der Waals surface area (Å²) in [4.78, 5) is 13.3. The summed E-state index contributed by atoms with van der Waals surface area (Å²) in [6.45, 7) is 8.68. The number of nitrogens with one attached hydrogen (secondary N) is 1. The van der Waals surface area contributed by atoms with Crippen LogP contribution in [0.2, 0.25) is 0 Å². The summed E-state index contributed by atoms with van der Waals surface area (Å²) >= 11 is 0. The van der Waals surface area contributed by atoms with Gasteiger partial charge in [-0.1, -0.05) is 43.2 Å². The van der Waals surface area contributed by atoms with E-state index in [2.05, 4.69) is 44.2 Å². The van der Waals surface area contributed by atoms with Gasteiger partial charge in [0.25, 0.3) is 0 Å². The first-order valence-electron chi connectivity index (χ1n) is 9.66. The Kier molecular flexibility index (Phi) is 4.75. The molecule has 2 heterocycles. The quantitative estimate of drug-likeness (QED) is 0.723. The normalized spacial score (nSPS) is 16.2. The topological polar surface area (TPSA) is 43.9 Å². The molecule has 0 fully saturated rings. The van der Waals surface area contributed by atoms with E-state index in [0.29, 0.717) is 12.3 Å². The van der Waals surface area contributed by atoms with Crippen LogP contribution in [0.3, 0.4) is 0 Å². The zero-order valence-electron chi connectivity index (χ0n) is 16.2. The minimum Gasteiger partial charge on any atom is -0.444 e. The summed E-state index contributed by atoms with van der Waals surface area (Å²) in [7, 11) is 0. The fourth-order valence-electron chi connectivity index (χ4n) is 3.98. The second kappa shape index (κ2) is 7.20. The number of quaternary nitrogens is 1. The maximum Gasteiger partial charge on any atom is 0.336 e. The van der Waals surface area contributed by atoms with E-state index in [9.17, 15) is 4.79 Å². The lowest BCUT2D eigenvalue weighted by molar-refractivity contribution is -0.945. The molecule has 4 nitrogen and oxygen atoms in total. The largest absolute Gasteiger partial charge is 0.444 e. The van der Waals surface area contributed by atoms with E-state index < -0.39 is 0 Å². The third-order valence-corrected chi connectivity index (χ3v) is 5.33. The predicted octanol–water partition coefficient (Wildman–Crippen LogP) is 3.30. The molecule has 0 saturated carbocycles. The van der Waals surface area contributed by atoms with Crippen molar-refractivity contribution >= 4 is 11.0 Å². The maximum absolute atomic E-state index is 12.0.